The van der Waals surface area contributed by atoms with E-state index in [1.54, 1.807) is 6.92 Å². The van der Waals surface area contributed by atoms with Gasteiger partial charge in [-0.15, -0.1) is 0 Å². The SMILES string of the molecule is CC[C@@H](C#N)NC(=O)[CH]CC(F)(F)CCC(N)=O. The number of amides is 2. The summed E-state index contributed by atoms with van der Waals surface area (Å²) >= 11 is 0. The lowest BCUT2D eigenvalue weighted by molar-refractivity contribution is -0.120. The predicted molar refractivity (Wildman–Crippen MR) is 60.1 cm³/mol. The van der Waals surface area contributed by atoms with Crippen LogP contribution in [0.1, 0.15) is 32.6 Å². The fraction of sp³-hybridized carbons (Fsp3) is 0.636. The Labute approximate surface area is 104 Å². The quantitative estimate of drug-likeness (QED) is 0.678. The van der Waals surface area contributed by atoms with Crippen LogP contribution in [0.5, 0.6) is 0 Å². The second kappa shape index (κ2) is 7.58. The molecule has 0 aliphatic rings. The first-order chi connectivity index (χ1) is 8.30. The molecule has 2 amide bonds. The normalized spacial score (nSPS) is 12.6. The van der Waals surface area contributed by atoms with Crippen LogP contribution in [0, 0.1) is 17.8 Å². The summed E-state index contributed by atoms with van der Waals surface area (Å²) in [5.74, 6) is -4.68. The number of carbonyl (C=O) groups excluding carboxylic acids is 2. The number of nitrogens with two attached hydrogens (primary N) is 1. The van der Waals surface area contributed by atoms with Gasteiger partial charge in [-0.1, -0.05) is 6.92 Å². The van der Waals surface area contributed by atoms with Gasteiger partial charge in [-0.25, -0.2) is 8.78 Å². The van der Waals surface area contributed by atoms with Gasteiger partial charge in [-0.3, -0.25) is 9.59 Å². The molecule has 0 bridgehead atoms. The van der Waals surface area contributed by atoms with Gasteiger partial charge < -0.3 is 11.1 Å². The van der Waals surface area contributed by atoms with Gasteiger partial charge in [0.1, 0.15) is 6.04 Å². The van der Waals surface area contributed by atoms with Crippen molar-refractivity contribution in [2.45, 2.75) is 44.6 Å². The Morgan fingerprint density at radius 3 is 2.61 bits per heavy atom. The molecule has 0 rings (SSSR count). The van der Waals surface area contributed by atoms with Crippen LogP contribution in [-0.4, -0.2) is 23.8 Å². The lowest BCUT2D eigenvalue weighted by Crippen LogP contribution is -2.34. The fourth-order valence-corrected chi connectivity index (χ4v) is 1.11. The van der Waals surface area contributed by atoms with E-state index in [2.05, 4.69) is 5.32 Å². The number of carbonyl (C=O) groups is 2. The summed E-state index contributed by atoms with van der Waals surface area (Å²) in [5, 5.41) is 10.8. The van der Waals surface area contributed by atoms with Gasteiger partial charge in [-0.2, -0.15) is 5.26 Å². The molecule has 0 saturated carbocycles. The minimum absolute atomic E-state index is 0.397. The highest BCUT2D eigenvalue weighted by Gasteiger charge is 2.30. The van der Waals surface area contributed by atoms with Gasteiger partial charge in [0.2, 0.25) is 17.7 Å². The van der Waals surface area contributed by atoms with Crippen molar-refractivity contribution in [3.8, 4) is 6.07 Å². The van der Waals surface area contributed by atoms with Crippen LogP contribution in [0.4, 0.5) is 8.78 Å². The number of nitriles is 1. The molecular weight excluding hydrogens is 244 g/mol. The zero-order valence-electron chi connectivity index (χ0n) is 10.1. The molecule has 0 aromatic carbocycles. The molecule has 1 atom stereocenters. The van der Waals surface area contributed by atoms with Gasteiger partial charge >= 0.3 is 0 Å². The van der Waals surface area contributed by atoms with Gasteiger partial charge in [0.05, 0.1) is 12.5 Å². The van der Waals surface area contributed by atoms with E-state index < -0.39 is 43.0 Å². The maximum atomic E-state index is 13.2. The van der Waals surface area contributed by atoms with E-state index in [1.165, 1.54) is 0 Å². The number of rotatable bonds is 8. The smallest absolute Gasteiger partial charge is 0.249 e. The number of hydrogen-bond acceptors (Lipinski definition) is 3. The standard InChI is InChI=1S/C11H16F2N3O2/c1-2-8(7-14)16-10(18)4-6-11(12,13)5-3-9(15)17/h4,8H,2-3,5-6H2,1H3,(H2,15,17)(H,16,18)/t8-/m0/s1. The molecular formula is C11H16F2N3O2. The van der Waals surface area contributed by atoms with Crippen molar-refractivity contribution in [2.75, 3.05) is 0 Å². The van der Waals surface area contributed by atoms with Crippen LogP contribution in [-0.2, 0) is 9.59 Å². The van der Waals surface area contributed by atoms with Crippen molar-refractivity contribution >= 4 is 11.8 Å². The molecule has 1 radical (unpaired) electrons. The second-order valence-corrected chi connectivity index (χ2v) is 3.83. The molecule has 101 valence electrons. The Bertz CT molecular complexity index is 340. The topological polar surface area (TPSA) is 96.0 Å². The van der Waals surface area contributed by atoms with E-state index >= 15 is 0 Å². The summed E-state index contributed by atoms with van der Waals surface area (Å²) in [6, 6.07) is 1.13. The molecule has 0 heterocycles. The van der Waals surface area contributed by atoms with Crippen LogP contribution >= 0.6 is 0 Å². The number of nitrogens with one attached hydrogen (secondary N) is 1. The predicted octanol–water partition coefficient (Wildman–Crippen LogP) is 0.900. The van der Waals surface area contributed by atoms with Crippen molar-refractivity contribution in [1.29, 1.82) is 5.26 Å². The average Bonchev–Trinajstić information content (AvgIpc) is 2.31. The summed E-state index contributed by atoms with van der Waals surface area (Å²) in [4.78, 5) is 21.6. The summed E-state index contributed by atoms with van der Waals surface area (Å²) in [6.07, 6.45) is -0.733. The molecule has 0 fully saturated rings. The van der Waals surface area contributed by atoms with Crippen LogP contribution in [0.3, 0.4) is 0 Å². The van der Waals surface area contributed by atoms with Crippen LogP contribution in [0.15, 0.2) is 0 Å². The Kier molecular flexibility index (Phi) is 6.86. The largest absolute Gasteiger partial charge is 0.370 e. The number of hydrogen-bond donors (Lipinski definition) is 2. The number of alkyl halides is 2. The first-order valence-electron chi connectivity index (χ1n) is 5.50. The number of nitrogens with zero attached hydrogens (tertiary/aromatic N) is 1. The minimum atomic E-state index is -3.15. The maximum absolute atomic E-state index is 13.2. The number of halogens is 2. The molecule has 7 heteroatoms. The van der Waals surface area contributed by atoms with E-state index in [4.69, 9.17) is 11.0 Å². The average molecular weight is 260 g/mol. The van der Waals surface area contributed by atoms with E-state index in [-0.39, 0.29) is 0 Å². The van der Waals surface area contributed by atoms with Gasteiger partial charge in [0, 0.05) is 19.3 Å². The number of primary amides is 1. The highest BCUT2D eigenvalue weighted by Crippen LogP contribution is 2.25. The summed E-state index contributed by atoms with van der Waals surface area (Å²) in [7, 11) is 0. The lowest BCUT2D eigenvalue weighted by Gasteiger charge is -2.15. The molecule has 0 aromatic heterocycles. The van der Waals surface area contributed by atoms with Crippen molar-refractivity contribution < 1.29 is 18.4 Å². The molecule has 0 aromatic rings. The van der Waals surface area contributed by atoms with Crippen LogP contribution in [0.25, 0.3) is 0 Å². The third-order valence-corrected chi connectivity index (χ3v) is 2.20. The molecule has 0 aliphatic heterocycles. The van der Waals surface area contributed by atoms with Gasteiger partial charge in [0.25, 0.3) is 0 Å². The molecule has 0 aliphatic carbocycles. The Balaban J connectivity index is 4.04. The van der Waals surface area contributed by atoms with E-state index in [1.807, 2.05) is 6.07 Å². The molecule has 0 spiro atoms. The molecule has 18 heavy (non-hydrogen) atoms. The zero-order chi connectivity index (χ0) is 14.2. The molecule has 3 N–H and O–H groups in total. The third-order valence-electron chi connectivity index (χ3n) is 2.20. The fourth-order valence-electron chi connectivity index (χ4n) is 1.11. The molecule has 0 unspecified atom stereocenters. The van der Waals surface area contributed by atoms with Crippen molar-refractivity contribution in [3.05, 3.63) is 6.42 Å². The Morgan fingerprint density at radius 2 is 2.17 bits per heavy atom. The summed E-state index contributed by atoms with van der Waals surface area (Å²) in [6.45, 7) is 1.69. The van der Waals surface area contributed by atoms with Crippen LogP contribution < -0.4 is 11.1 Å². The van der Waals surface area contributed by atoms with Crippen molar-refractivity contribution in [1.82, 2.24) is 5.32 Å². The zero-order valence-corrected chi connectivity index (χ0v) is 10.1. The Morgan fingerprint density at radius 1 is 1.56 bits per heavy atom. The second-order valence-electron chi connectivity index (χ2n) is 3.83. The highest BCUT2D eigenvalue weighted by molar-refractivity contribution is 5.85. The first-order valence-corrected chi connectivity index (χ1v) is 5.50. The third kappa shape index (κ3) is 7.54. The first kappa shape index (κ1) is 16.3. The Hall–Kier alpha value is -1.71. The minimum Gasteiger partial charge on any atom is -0.370 e. The summed E-state index contributed by atoms with van der Waals surface area (Å²) in [5.41, 5.74) is 4.76. The van der Waals surface area contributed by atoms with Crippen molar-refractivity contribution in [2.24, 2.45) is 5.73 Å². The van der Waals surface area contributed by atoms with E-state index in [9.17, 15) is 18.4 Å². The molecule has 0 saturated heterocycles. The molecule has 5 nitrogen and oxygen atoms in total. The van der Waals surface area contributed by atoms with Crippen molar-refractivity contribution in [3.63, 3.8) is 0 Å². The van der Waals surface area contributed by atoms with Crippen LogP contribution in [0.2, 0.25) is 0 Å². The maximum Gasteiger partial charge on any atom is 0.249 e. The van der Waals surface area contributed by atoms with Gasteiger partial charge in [0.15, 0.2) is 0 Å². The summed E-state index contributed by atoms with van der Waals surface area (Å²) < 4.78 is 26.3. The monoisotopic (exact) mass is 260 g/mol. The van der Waals surface area contributed by atoms with Gasteiger partial charge in [-0.05, 0) is 6.42 Å². The lowest BCUT2D eigenvalue weighted by atomic mass is 10.1. The van der Waals surface area contributed by atoms with E-state index in [0.717, 1.165) is 6.42 Å². The van der Waals surface area contributed by atoms with E-state index in [0.29, 0.717) is 6.42 Å². The highest BCUT2D eigenvalue weighted by atomic mass is 19.3.